The van der Waals surface area contributed by atoms with Gasteiger partial charge in [-0.05, 0) is 37.6 Å². The third-order valence-corrected chi connectivity index (χ3v) is 3.87. The molecular formula is C18H25N3O2. The fraction of sp³-hybridized carbons (Fsp3) is 0.500. The summed E-state index contributed by atoms with van der Waals surface area (Å²) in [7, 11) is 1.40. The zero-order valence-corrected chi connectivity index (χ0v) is 13.7. The molecule has 0 unspecified atom stereocenters. The number of esters is 1. The van der Waals surface area contributed by atoms with E-state index in [9.17, 15) is 4.79 Å². The topological polar surface area (TPSA) is 67.6 Å². The molecule has 0 amide bonds. The molecule has 1 aromatic carbocycles. The summed E-state index contributed by atoms with van der Waals surface area (Å²) in [6.07, 6.45) is 2.74. The van der Waals surface area contributed by atoms with Crippen LogP contribution in [0.15, 0.2) is 18.2 Å². The monoisotopic (exact) mass is 315 g/mol. The molecule has 0 aromatic heterocycles. The molecule has 1 aromatic rings. The van der Waals surface area contributed by atoms with Gasteiger partial charge in [0.2, 0.25) is 0 Å². The number of piperazine rings is 1. The van der Waals surface area contributed by atoms with Crippen LogP contribution in [0.25, 0.3) is 0 Å². The van der Waals surface area contributed by atoms with Gasteiger partial charge < -0.3 is 20.7 Å². The predicted molar refractivity (Wildman–Crippen MR) is 92.6 cm³/mol. The molecular weight excluding hydrogens is 290 g/mol. The van der Waals surface area contributed by atoms with Crippen LogP contribution >= 0.6 is 0 Å². The zero-order chi connectivity index (χ0) is 16.5. The van der Waals surface area contributed by atoms with Crippen LogP contribution in [0.1, 0.15) is 35.2 Å². The molecule has 3 N–H and O–H groups in total. The number of carbonyl (C=O) groups is 1. The summed E-state index contributed by atoms with van der Waals surface area (Å²) in [5, 5.41) is 3.32. The summed E-state index contributed by atoms with van der Waals surface area (Å²) >= 11 is 0. The molecule has 0 radical (unpaired) electrons. The zero-order valence-electron chi connectivity index (χ0n) is 13.7. The third-order valence-electron chi connectivity index (χ3n) is 3.87. The lowest BCUT2D eigenvalue weighted by atomic mass is 10.1. The van der Waals surface area contributed by atoms with Crippen molar-refractivity contribution in [2.75, 3.05) is 44.7 Å². The first-order chi connectivity index (χ1) is 11.3. The lowest BCUT2D eigenvalue weighted by Gasteiger charge is -2.29. The van der Waals surface area contributed by atoms with Gasteiger partial charge in [-0.15, -0.1) is 0 Å². The SMILES string of the molecule is COC(=O)c1cc(N2CCNCC2)ccc1C#CCCCCN. The Bertz CT molecular complexity index is 584. The van der Waals surface area contributed by atoms with E-state index in [2.05, 4.69) is 22.1 Å². The number of hydrogen-bond acceptors (Lipinski definition) is 5. The van der Waals surface area contributed by atoms with Crippen molar-refractivity contribution in [3.05, 3.63) is 29.3 Å². The Labute approximate surface area is 138 Å². The average molecular weight is 315 g/mol. The number of nitrogens with one attached hydrogen (secondary N) is 1. The van der Waals surface area contributed by atoms with Crippen LogP contribution in [-0.4, -0.2) is 45.8 Å². The standard InChI is InChI=1S/C18H25N3O2/c1-23-18(22)17-14-16(21-12-10-20-11-13-21)8-7-15(17)6-4-2-3-5-9-19/h7-8,14,20H,2-3,5,9-13,19H2,1H3. The number of nitrogens with zero attached hydrogens (tertiary/aromatic N) is 1. The summed E-state index contributed by atoms with van der Waals surface area (Å²) in [5.41, 5.74) is 7.78. The molecule has 1 aliphatic heterocycles. The Morgan fingerprint density at radius 3 is 2.83 bits per heavy atom. The van der Waals surface area contributed by atoms with E-state index in [4.69, 9.17) is 10.5 Å². The van der Waals surface area contributed by atoms with Crippen LogP contribution < -0.4 is 16.0 Å². The van der Waals surface area contributed by atoms with Crippen LogP contribution in [-0.2, 0) is 4.74 Å². The minimum atomic E-state index is -0.340. The second-order valence-corrected chi connectivity index (χ2v) is 5.51. The highest BCUT2D eigenvalue weighted by Crippen LogP contribution is 2.20. The number of nitrogens with two attached hydrogens (primary N) is 1. The molecule has 5 nitrogen and oxygen atoms in total. The number of ether oxygens (including phenoxy) is 1. The summed E-state index contributed by atoms with van der Waals surface area (Å²) in [6, 6.07) is 5.84. The Kier molecular flexibility index (Phi) is 6.92. The van der Waals surface area contributed by atoms with E-state index in [1.165, 1.54) is 7.11 Å². The van der Waals surface area contributed by atoms with Gasteiger partial charge in [0.1, 0.15) is 0 Å². The van der Waals surface area contributed by atoms with Crippen molar-refractivity contribution in [3.63, 3.8) is 0 Å². The molecule has 0 aliphatic carbocycles. The molecule has 23 heavy (non-hydrogen) atoms. The Morgan fingerprint density at radius 1 is 1.35 bits per heavy atom. The lowest BCUT2D eigenvalue weighted by Crippen LogP contribution is -2.43. The Hall–Kier alpha value is -2.03. The van der Waals surface area contributed by atoms with Crippen molar-refractivity contribution in [1.29, 1.82) is 0 Å². The molecule has 0 atom stereocenters. The number of rotatable bonds is 5. The summed E-state index contributed by atoms with van der Waals surface area (Å²) in [4.78, 5) is 14.3. The van der Waals surface area contributed by atoms with E-state index in [0.717, 1.165) is 56.7 Å². The van der Waals surface area contributed by atoms with Crippen LogP contribution in [0.3, 0.4) is 0 Å². The fourth-order valence-electron chi connectivity index (χ4n) is 2.56. The minimum absolute atomic E-state index is 0.340. The number of unbranched alkanes of at least 4 members (excludes halogenated alkanes) is 2. The molecule has 5 heteroatoms. The maximum atomic E-state index is 12.1. The van der Waals surface area contributed by atoms with Gasteiger partial charge in [-0.1, -0.05) is 11.8 Å². The fourth-order valence-corrected chi connectivity index (χ4v) is 2.56. The van der Waals surface area contributed by atoms with Gasteiger partial charge in [0, 0.05) is 43.9 Å². The summed E-state index contributed by atoms with van der Waals surface area (Å²) in [6.45, 7) is 4.47. The number of anilines is 1. The van der Waals surface area contributed by atoms with Crippen molar-refractivity contribution in [2.24, 2.45) is 5.73 Å². The molecule has 0 saturated carbocycles. The molecule has 2 rings (SSSR count). The van der Waals surface area contributed by atoms with E-state index >= 15 is 0 Å². The van der Waals surface area contributed by atoms with Gasteiger partial charge in [0.15, 0.2) is 0 Å². The summed E-state index contributed by atoms with van der Waals surface area (Å²) < 4.78 is 4.91. The summed E-state index contributed by atoms with van der Waals surface area (Å²) in [5.74, 6) is 5.87. The highest BCUT2D eigenvalue weighted by atomic mass is 16.5. The maximum absolute atomic E-state index is 12.1. The van der Waals surface area contributed by atoms with Crippen molar-refractivity contribution in [3.8, 4) is 11.8 Å². The number of methoxy groups -OCH3 is 1. The van der Waals surface area contributed by atoms with Crippen LogP contribution in [0, 0.1) is 11.8 Å². The average Bonchev–Trinajstić information content (AvgIpc) is 2.61. The first-order valence-electron chi connectivity index (χ1n) is 8.13. The van der Waals surface area contributed by atoms with E-state index in [1.54, 1.807) is 0 Å². The predicted octanol–water partition coefficient (Wildman–Crippen LogP) is 1.36. The number of benzene rings is 1. The molecule has 1 fully saturated rings. The number of carbonyl (C=O) groups excluding carboxylic acids is 1. The smallest absolute Gasteiger partial charge is 0.339 e. The molecule has 0 bridgehead atoms. The molecule has 124 valence electrons. The molecule has 1 heterocycles. The van der Waals surface area contributed by atoms with Crippen LogP contribution in [0.4, 0.5) is 5.69 Å². The van der Waals surface area contributed by atoms with Crippen molar-refractivity contribution in [1.82, 2.24) is 5.32 Å². The number of hydrogen-bond donors (Lipinski definition) is 2. The highest BCUT2D eigenvalue weighted by Gasteiger charge is 2.16. The van der Waals surface area contributed by atoms with Crippen molar-refractivity contribution < 1.29 is 9.53 Å². The van der Waals surface area contributed by atoms with E-state index in [0.29, 0.717) is 12.1 Å². The quantitative estimate of drug-likeness (QED) is 0.488. The lowest BCUT2D eigenvalue weighted by molar-refractivity contribution is 0.0600. The Balaban J connectivity index is 2.18. The second-order valence-electron chi connectivity index (χ2n) is 5.51. The van der Waals surface area contributed by atoms with Gasteiger partial charge in [-0.2, -0.15) is 0 Å². The minimum Gasteiger partial charge on any atom is -0.465 e. The highest BCUT2D eigenvalue weighted by molar-refractivity contribution is 5.93. The van der Waals surface area contributed by atoms with Gasteiger partial charge in [-0.25, -0.2) is 4.79 Å². The Morgan fingerprint density at radius 2 is 2.13 bits per heavy atom. The van der Waals surface area contributed by atoms with Crippen LogP contribution in [0.5, 0.6) is 0 Å². The second kappa shape index (κ2) is 9.19. The first-order valence-corrected chi connectivity index (χ1v) is 8.13. The van der Waals surface area contributed by atoms with Gasteiger partial charge in [-0.3, -0.25) is 0 Å². The first kappa shape index (κ1) is 17.3. The normalized spacial score (nSPS) is 14.1. The molecule has 0 spiro atoms. The van der Waals surface area contributed by atoms with Gasteiger partial charge >= 0.3 is 5.97 Å². The van der Waals surface area contributed by atoms with Crippen molar-refractivity contribution >= 4 is 11.7 Å². The van der Waals surface area contributed by atoms with Crippen molar-refractivity contribution in [2.45, 2.75) is 19.3 Å². The maximum Gasteiger partial charge on any atom is 0.339 e. The van der Waals surface area contributed by atoms with Gasteiger partial charge in [0.05, 0.1) is 12.7 Å². The third kappa shape index (κ3) is 4.98. The van der Waals surface area contributed by atoms with E-state index in [-0.39, 0.29) is 5.97 Å². The largest absolute Gasteiger partial charge is 0.465 e. The van der Waals surface area contributed by atoms with Crippen LogP contribution in [0.2, 0.25) is 0 Å². The van der Waals surface area contributed by atoms with E-state index in [1.807, 2.05) is 18.2 Å². The molecule has 1 saturated heterocycles. The van der Waals surface area contributed by atoms with Gasteiger partial charge in [0.25, 0.3) is 0 Å². The molecule has 1 aliphatic rings. The van der Waals surface area contributed by atoms with E-state index < -0.39 is 0 Å².